The van der Waals surface area contributed by atoms with Crippen molar-refractivity contribution in [1.29, 1.82) is 0 Å². The van der Waals surface area contributed by atoms with Crippen LogP contribution in [-0.2, 0) is 11.0 Å². The first-order valence-corrected chi connectivity index (χ1v) is 7.03. The number of halogens is 3. The number of rotatable bonds is 3. The average Bonchev–Trinajstić information content (AvgIpc) is 2.40. The maximum Gasteiger partial charge on any atom is 0.416 e. The molecule has 1 aromatic carbocycles. The van der Waals surface area contributed by atoms with Crippen molar-refractivity contribution in [2.45, 2.75) is 44.9 Å². The second kappa shape index (κ2) is 6.05. The zero-order valence-electron chi connectivity index (χ0n) is 12.1. The van der Waals surface area contributed by atoms with E-state index in [0.29, 0.717) is 18.7 Å². The number of nitrogens with one attached hydrogen (secondary N) is 1. The molecule has 0 saturated carbocycles. The van der Waals surface area contributed by atoms with E-state index in [4.69, 9.17) is 0 Å². The van der Waals surface area contributed by atoms with Crippen molar-refractivity contribution in [2.24, 2.45) is 0 Å². The van der Waals surface area contributed by atoms with Gasteiger partial charge in [0.2, 0.25) is 5.91 Å². The van der Waals surface area contributed by atoms with Crippen LogP contribution in [-0.4, -0.2) is 24.5 Å². The summed E-state index contributed by atoms with van der Waals surface area (Å²) in [5.74, 6) is -0.158. The van der Waals surface area contributed by atoms with Gasteiger partial charge >= 0.3 is 6.18 Å². The van der Waals surface area contributed by atoms with Crippen molar-refractivity contribution in [2.75, 3.05) is 11.4 Å². The first-order chi connectivity index (χ1) is 9.79. The van der Waals surface area contributed by atoms with Crippen LogP contribution in [0.3, 0.4) is 0 Å². The van der Waals surface area contributed by atoms with Gasteiger partial charge in [-0.25, -0.2) is 0 Å². The van der Waals surface area contributed by atoms with E-state index in [9.17, 15) is 18.0 Å². The minimum Gasteiger partial charge on any atom is -0.311 e. The van der Waals surface area contributed by atoms with Gasteiger partial charge in [-0.1, -0.05) is 19.9 Å². The summed E-state index contributed by atoms with van der Waals surface area (Å²) in [5.41, 5.74) is -0.420. The number of amides is 1. The van der Waals surface area contributed by atoms with E-state index in [1.54, 1.807) is 6.07 Å². The van der Waals surface area contributed by atoms with Gasteiger partial charge in [-0.05, 0) is 31.0 Å². The molecule has 0 aliphatic carbocycles. The number of benzene rings is 1. The van der Waals surface area contributed by atoms with Crippen LogP contribution >= 0.6 is 0 Å². The fraction of sp³-hybridized carbons (Fsp3) is 0.533. The first-order valence-electron chi connectivity index (χ1n) is 7.03. The molecule has 1 saturated heterocycles. The smallest absolute Gasteiger partial charge is 0.311 e. The van der Waals surface area contributed by atoms with E-state index < -0.39 is 11.7 Å². The van der Waals surface area contributed by atoms with Crippen LogP contribution in [0.2, 0.25) is 0 Å². The Morgan fingerprint density at radius 3 is 2.67 bits per heavy atom. The van der Waals surface area contributed by atoms with Gasteiger partial charge in [0.25, 0.3) is 0 Å². The number of carbonyl (C=O) groups is 1. The van der Waals surface area contributed by atoms with Crippen LogP contribution in [0.4, 0.5) is 18.9 Å². The molecule has 1 amide bonds. The fourth-order valence-corrected chi connectivity index (χ4v) is 2.54. The van der Waals surface area contributed by atoms with Gasteiger partial charge in [-0.15, -0.1) is 0 Å². The Bertz CT molecular complexity index is 514. The molecule has 21 heavy (non-hydrogen) atoms. The summed E-state index contributed by atoms with van der Waals surface area (Å²) in [6.07, 6.45) is -2.91. The van der Waals surface area contributed by atoms with Crippen LogP contribution in [0.25, 0.3) is 0 Å². The largest absolute Gasteiger partial charge is 0.416 e. The van der Waals surface area contributed by atoms with Crippen molar-refractivity contribution in [1.82, 2.24) is 5.32 Å². The van der Waals surface area contributed by atoms with Gasteiger partial charge < -0.3 is 10.2 Å². The Labute approximate surface area is 122 Å². The van der Waals surface area contributed by atoms with Crippen molar-refractivity contribution in [3.8, 4) is 0 Å². The molecule has 0 radical (unpaired) electrons. The zero-order chi connectivity index (χ0) is 15.6. The van der Waals surface area contributed by atoms with Gasteiger partial charge in [0.05, 0.1) is 11.6 Å². The molecule has 1 heterocycles. The molecule has 3 nitrogen and oxygen atoms in total. The molecule has 116 valence electrons. The Kier molecular flexibility index (Phi) is 4.56. The standard InChI is InChI=1S/C15H19F3N2O/c1-10(2)19-13-7-4-8-20(14(13)21)12-6-3-5-11(9-12)15(16,17)18/h3,5-6,9-10,13,19H,4,7-8H2,1-2H3. The Morgan fingerprint density at radius 2 is 2.05 bits per heavy atom. The molecule has 1 unspecified atom stereocenters. The summed E-state index contributed by atoms with van der Waals surface area (Å²) in [6, 6.07) is 4.77. The Morgan fingerprint density at radius 1 is 1.33 bits per heavy atom. The lowest BCUT2D eigenvalue weighted by molar-refractivity contribution is -0.137. The van der Waals surface area contributed by atoms with Crippen molar-refractivity contribution >= 4 is 11.6 Å². The predicted molar refractivity (Wildman–Crippen MR) is 75.1 cm³/mol. The first kappa shape index (κ1) is 15.8. The summed E-state index contributed by atoms with van der Waals surface area (Å²) in [4.78, 5) is 13.8. The molecule has 0 bridgehead atoms. The maximum absolute atomic E-state index is 12.8. The highest BCUT2D eigenvalue weighted by Gasteiger charge is 2.33. The van der Waals surface area contributed by atoms with Gasteiger partial charge in [-0.2, -0.15) is 13.2 Å². The highest BCUT2D eigenvalue weighted by atomic mass is 19.4. The number of anilines is 1. The molecule has 1 fully saturated rings. The topological polar surface area (TPSA) is 32.3 Å². The van der Waals surface area contributed by atoms with Crippen LogP contribution in [0.15, 0.2) is 24.3 Å². The molecule has 0 aromatic heterocycles. The van der Waals surface area contributed by atoms with E-state index in [1.807, 2.05) is 13.8 Å². The van der Waals surface area contributed by atoms with E-state index in [-0.39, 0.29) is 18.0 Å². The van der Waals surface area contributed by atoms with Gasteiger partial charge in [-0.3, -0.25) is 4.79 Å². The Hall–Kier alpha value is -1.56. The van der Waals surface area contributed by atoms with Crippen LogP contribution in [0, 0.1) is 0 Å². The van der Waals surface area contributed by atoms with Gasteiger partial charge in [0.15, 0.2) is 0 Å². The molecule has 1 aromatic rings. The lowest BCUT2D eigenvalue weighted by atomic mass is 10.0. The highest BCUT2D eigenvalue weighted by Crippen LogP contribution is 2.32. The summed E-state index contributed by atoms with van der Waals surface area (Å²) >= 11 is 0. The summed E-state index contributed by atoms with van der Waals surface area (Å²) in [5, 5.41) is 3.16. The number of piperidine rings is 1. The van der Waals surface area contributed by atoms with E-state index in [2.05, 4.69) is 5.32 Å². The van der Waals surface area contributed by atoms with Gasteiger partial charge in [0, 0.05) is 18.3 Å². The SMILES string of the molecule is CC(C)NC1CCCN(c2cccc(C(F)(F)F)c2)C1=O. The lowest BCUT2D eigenvalue weighted by Crippen LogP contribution is -2.52. The van der Waals surface area contributed by atoms with Crippen LogP contribution in [0.5, 0.6) is 0 Å². The van der Waals surface area contributed by atoms with Crippen molar-refractivity contribution in [3.63, 3.8) is 0 Å². The van der Waals surface area contributed by atoms with E-state index in [0.717, 1.165) is 18.6 Å². The van der Waals surface area contributed by atoms with Crippen LogP contribution < -0.4 is 10.2 Å². The van der Waals surface area contributed by atoms with E-state index >= 15 is 0 Å². The summed E-state index contributed by atoms with van der Waals surface area (Å²) in [6.45, 7) is 4.34. The third-order valence-electron chi connectivity index (χ3n) is 3.46. The normalized spacial score (nSPS) is 20.2. The van der Waals surface area contributed by atoms with Gasteiger partial charge in [0.1, 0.15) is 0 Å². The molecule has 0 spiro atoms. The molecule has 2 rings (SSSR count). The second-order valence-electron chi connectivity index (χ2n) is 5.55. The third kappa shape index (κ3) is 3.75. The second-order valence-corrected chi connectivity index (χ2v) is 5.55. The van der Waals surface area contributed by atoms with Crippen LogP contribution in [0.1, 0.15) is 32.3 Å². The number of carbonyl (C=O) groups excluding carboxylic acids is 1. The molecule has 1 aliphatic heterocycles. The minimum atomic E-state index is -4.40. The quantitative estimate of drug-likeness (QED) is 0.929. The van der Waals surface area contributed by atoms with Crippen molar-refractivity contribution < 1.29 is 18.0 Å². The molecule has 1 atom stereocenters. The van der Waals surface area contributed by atoms with Crippen molar-refractivity contribution in [3.05, 3.63) is 29.8 Å². The molecule has 1 aliphatic rings. The maximum atomic E-state index is 12.8. The Balaban J connectivity index is 2.23. The zero-order valence-corrected chi connectivity index (χ0v) is 12.1. The third-order valence-corrected chi connectivity index (χ3v) is 3.46. The molecular formula is C15H19F3N2O. The number of hydrogen-bond donors (Lipinski definition) is 1. The molecular weight excluding hydrogens is 281 g/mol. The van der Waals surface area contributed by atoms with E-state index in [1.165, 1.54) is 11.0 Å². The number of hydrogen-bond acceptors (Lipinski definition) is 2. The molecule has 6 heteroatoms. The number of alkyl halides is 3. The minimum absolute atomic E-state index is 0.153. The fourth-order valence-electron chi connectivity index (χ4n) is 2.54. The molecule has 1 N–H and O–H groups in total. The number of nitrogens with zero attached hydrogens (tertiary/aromatic N) is 1. The predicted octanol–water partition coefficient (Wildman–Crippen LogP) is 3.20. The highest BCUT2D eigenvalue weighted by molar-refractivity contribution is 5.98. The lowest BCUT2D eigenvalue weighted by Gasteiger charge is -2.34. The summed E-state index contributed by atoms with van der Waals surface area (Å²) in [7, 11) is 0. The summed E-state index contributed by atoms with van der Waals surface area (Å²) < 4.78 is 38.3. The average molecular weight is 300 g/mol. The monoisotopic (exact) mass is 300 g/mol.